The van der Waals surface area contributed by atoms with Crippen LogP contribution in [0.25, 0.3) is 0 Å². The topological polar surface area (TPSA) is 93.8 Å². The summed E-state index contributed by atoms with van der Waals surface area (Å²) in [5, 5.41) is 6.72. The number of ketones is 1. The Hall–Kier alpha value is -2.17. The zero-order valence-electron chi connectivity index (χ0n) is 7.42. The second-order valence-electron chi connectivity index (χ2n) is 2.50. The maximum atomic E-state index is 11.3. The molecule has 0 bridgehead atoms. The molecule has 14 heavy (non-hydrogen) atoms. The minimum Gasteiger partial charge on any atom is -0.369 e. The Labute approximate surface area is 81.1 Å². The maximum absolute atomic E-state index is 11.3. The van der Waals surface area contributed by atoms with Crippen LogP contribution in [0.4, 0.5) is 0 Å². The standard InChI is InChI=1S/C9H10N4O/c10-9(11)13-12-6-8(14)7-4-2-1-3-5-7/h1-6H,(H4,10,11,13). The van der Waals surface area contributed by atoms with E-state index in [4.69, 9.17) is 11.5 Å². The Kier molecular flexibility index (Phi) is 3.37. The van der Waals surface area contributed by atoms with Gasteiger partial charge in [-0.25, -0.2) is 0 Å². The molecule has 1 aromatic rings. The molecule has 0 aromatic heterocycles. The molecule has 0 heterocycles. The maximum Gasteiger partial charge on any atom is 0.211 e. The highest BCUT2D eigenvalue weighted by Gasteiger charge is 1.99. The molecule has 1 aromatic carbocycles. The summed E-state index contributed by atoms with van der Waals surface area (Å²) in [5.74, 6) is -0.419. The first-order valence-electron chi connectivity index (χ1n) is 3.91. The molecule has 0 aliphatic carbocycles. The van der Waals surface area contributed by atoms with Gasteiger partial charge in [0.05, 0.1) is 6.21 Å². The Morgan fingerprint density at radius 2 is 1.86 bits per heavy atom. The van der Waals surface area contributed by atoms with Gasteiger partial charge < -0.3 is 11.5 Å². The first-order valence-corrected chi connectivity index (χ1v) is 3.91. The predicted octanol–water partition coefficient (Wildman–Crippen LogP) is 0.128. The van der Waals surface area contributed by atoms with Crippen LogP contribution in [-0.2, 0) is 0 Å². The first kappa shape index (κ1) is 9.91. The van der Waals surface area contributed by atoms with E-state index in [1.54, 1.807) is 24.3 Å². The largest absolute Gasteiger partial charge is 0.369 e. The fraction of sp³-hybridized carbons (Fsp3) is 0. The van der Waals surface area contributed by atoms with Crippen molar-refractivity contribution >= 4 is 18.0 Å². The number of hydrogen-bond donors (Lipinski definition) is 2. The lowest BCUT2D eigenvalue weighted by Gasteiger charge is -1.91. The van der Waals surface area contributed by atoms with Crippen molar-refractivity contribution in [2.75, 3.05) is 0 Å². The lowest BCUT2D eigenvalue weighted by molar-refractivity contribution is 0.107. The van der Waals surface area contributed by atoms with Gasteiger partial charge in [0, 0.05) is 5.56 Å². The third-order valence-corrected chi connectivity index (χ3v) is 1.41. The van der Waals surface area contributed by atoms with E-state index in [0.29, 0.717) is 5.56 Å². The van der Waals surface area contributed by atoms with Gasteiger partial charge in [0.15, 0.2) is 0 Å². The van der Waals surface area contributed by atoms with Crippen molar-refractivity contribution in [1.82, 2.24) is 0 Å². The van der Waals surface area contributed by atoms with E-state index in [-0.39, 0.29) is 11.7 Å². The Morgan fingerprint density at radius 1 is 1.21 bits per heavy atom. The molecule has 0 aliphatic heterocycles. The van der Waals surface area contributed by atoms with Crippen LogP contribution in [0.5, 0.6) is 0 Å². The normalized spacial score (nSPS) is 10.0. The van der Waals surface area contributed by atoms with Crippen LogP contribution in [0.2, 0.25) is 0 Å². The lowest BCUT2D eigenvalue weighted by Crippen LogP contribution is -2.21. The van der Waals surface area contributed by atoms with Crippen LogP contribution >= 0.6 is 0 Å². The minimum absolute atomic E-state index is 0.179. The van der Waals surface area contributed by atoms with Gasteiger partial charge in [-0.1, -0.05) is 30.3 Å². The summed E-state index contributed by atoms with van der Waals surface area (Å²) >= 11 is 0. The van der Waals surface area contributed by atoms with Gasteiger partial charge in [0.1, 0.15) is 0 Å². The molecular weight excluding hydrogens is 180 g/mol. The van der Waals surface area contributed by atoms with Crippen molar-refractivity contribution in [3.05, 3.63) is 35.9 Å². The second-order valence-corrected chi connectivity index (χ2v) is 2.50. The van der Waals surface area contributed by atoms with Crippen molar-refractivity contribution in [2.45, 2.75) is 0 Å². The Morgan fingerprint density at radius 3 is 2.43 bits per heavy atom. The molecule has 4 N–H and O–H groups in total. The molecule has 0 atom stereocenters. The van der Waals surface area contributed by atoms with Gasteiger partial charge in [-0.2, -0.15) is 5.10 Å². The Balaban J connectivity index is 2.69. The molecule has 1 rings (SSSR count). The summed E-state index contributed by atoms with van der Waals surface area (Å²) in [6.45, 7) is 0. The summed E-state index contributed by atoms with van der Waals surface area (Å²) in [6.07, 6.45) is 1.06. The zero-order chi connectivity index (χ0) is 10.4. The van der Waals surface area contributed by atoms with Crippen molar-refractivity contribution in [1.29, 1.82) is 0 Å². The average Bonchev–Trinajstić information content (AvgIpc) is 2.18. The Bertz CT molecular complexity index is 366. The number of Topliss-reactive ketones (excluding diaryl/α,β-unsaturated/α-hetero) is 1. The van der Waals surface area contributed by atoms with Gasteiger partial charge in [-0.15, -0.1) is 5.10 Å². The van der Waals surface area contributed by atoms with E-state index in [2.05, 4.69) is 10.2 Å². The van der Waals surface area contributed by atoms with Gasteiger partial charge in [-0.05, 0) is 0 Å². The van der Waals surface area contributed by atoms with E-state index >= 15 is 0 Å². The summed E-state index contributed by atoms with van der Waals surface area (Å²) in [5.41, 5.74) is 10.6. The fourth-order valence-corrected chi connectivity index (χ4v) is 0.825. The molecule has 0 aliphatic rings. The van der Waals surface area contributed by atoms with Gasteiger partial charge in [0.25, 0.3) is 0 Å². The molecule has 72 valence electrons. The van der Waals surface area contributed by atoms with Crippen LogP contribution in [0.3, 0.4) is 0 Å². The molecule has 0 saturated heterocycles. The highest BCUT2D eigenvalue weighted by Crippen LogP contribution is 1.97. The molecule has 0 saturated carbocycles. The number of benzene rings is 1. The van der Waals surface area contributed by atoms with Crippen molar-refractivity contribution in [3.8, 4) is 0 Å². The lowest BCUT2D eigenvalue weighted by atomic mass is 10.1. The number of hydrogen-bond acceptors (Lipinski definition) is 3. The van der Waals surface area contributed by atoms with Crippen molar-refractivity contribution < 1.29 is 4.79 Å². The van der Waals surface area contributed by atoms with E-state index < -0.39 is 0 Å². The fourth-order valence-electron chi connectivity index (χ4n) is 0.825. The average molecular weight is 190 g/mol. The highest BCUT2D eigenvalue weighted by atomic mass is 16.1. The van der Waals surface area contributed by atoms with Gasteiger partial charge in [0.2, 0.25) is 11.7 Å². The predicted molar refractivity (Wildman–Crippen MR) is 55.1 cm³/mol. The number of carbonyl (C=O) groups excluding carboxylic acids is 1. The van der Waals surface area contributed by atoms with E-state index in [1.807, 2.05) is 6.07 Å². The van der Waals surface area contributed by atoms with Gasteiger partial charge >= 0.3 is 0 Å². The summed E-state index contributed by atoms with van der Waals surface area (Å²) < 4.78 is 0. The van der Waals surface area contributed by atoms with E-state index in [1.165, 1.54) is 0 Å². The summed E-state index contributed by atoms with van der Waals surface area (Å²) in [4.78, 5) is 11.3. The molecule has 5 nitrogen and oxygen atoms in total. The van der Waals surface area contributed by atoms with Crippen LogP contribution in [0.15, 0.2) is 40.5 Å². The van der Waals surface area contributed by atoms with E-state index in [9.17, 15) is 4.79 Å². The molecule has 0 spiro atoms. The molecular formula is C9H10N4O. The molecule has 0 unspecified atom stereocenters. The highest BCUT2D eigenvalue weighted by molar-refractivity contribution is 6.35. The summed E-state index contributed by atoms with van der Waals surface area (Å²) in [6, 6.07) is 8.72. The minimum atomic E-state index is -0.240. The monoisotopic (exact) mass is 190 g/mol. The van der Waals surface area contributed by atoms with Crippen molar-refractivity contribution in [2.24, 2.45) is 21.7 Å². The number of rotatable bonds is 3. The number of nitrogens with two attached hydrogens (primary N) is 2. The van der Waals surface area contributed by atoms with Crippen LogP contribution < -0.4 is 11.5 Å². The molecule has 0 amide bonds. The number of nitrogens with zero attached hydrogens (tertiary/aromatic N) is 2. The van der Waals surface area contributed by atoms with Gasteiger partial charge in [-0.3, -0.25) is 4.79 Å². The van der Waals surface area contributed by atoms with Crippen LogP contribution in [0.1, 0.15) is 10.4 Å². The smallest absolute Gasteiger partial charge is 0.211 e. The number of carbonyl (C=O) groups is 1. The van der Waals surface area contributed by atoms with E-state index in [0.717, 1.165) is 6.21 Å². The van der Waals surface area contributed by atoms with Crippen molar-refractivity contribution in [3.63, 3.8) is 0 Å². The molecule has 0 fully saturated rings. The third-order valence-electron chi connectivity index (χ3n) is 1.41. The molecule has 5 heteroatoms. The van der Waals surface area contributed by atoms with Crippen LogP contribution in [-0.4, -0.2) is 18.0 Å². The third kappa shape index (κ3) is 3.06. The van der Waals surface area contributed by atoms with Crippen LogP contribution in [0, 0.1) is 0 Å². The first-order chi connectivity index (χ1) is 6.70. The quantitative estimate of drug-likeness (QED) is 0.307. The molecule has 0 radical (unpaired) electrons. The zero-order valence-corrected chi connectivity index (χ0v) is 7.42. The summed E-state index contributed by atoms with van der Waals surface area (Å²) in [7, 11) is 0. The SMILES string of the molecule is NC(N)=NN=CC(=O)c1ccccc1. The second kappa shape index (κ2) is 4.76. The number of guanidine groups is 1.